The maximum atomic E-state index is 4.97. The fourth-order valence-corrected chi connectivity index (χ4v) is 7.40. The number of pyridine rings is 1. The molecule has 1 aliphatic heterocycles. The summed E-state index contributed by atoms with van der Waals surface area (Å²) in [6, 6.07) is 15.7. The van der Waals surface area contributed by atoms with E-state index >= 15 is 0 Å². The average molecular weight is 498 g/mol. The summed E-state index contributed by atoms with van der Waals surface area (Å²) < 4.78 is 0. The number of rotatable bonds is 5. The van der Waals surface area contributed by atoms with Crippen molar-refractivity contribution in [3.8, 4) is 11.3 Å². The first-order valence-corrected chi connectivity index (χ1v) is 14.3. The molecule has 3 heteroatoms. The van der Waals surface area contributed by atoms with Crippen LogP contribution in [0, 0.1) is 5.92 Å². The molecular weight excluding hydrogens is 462 g/mol. The van der Waals surface area contributed by atoms with Gasteiger partial charge in [0.2, 0.25) is 0 Å². The number of allylic oxidation sites excluding steroid dienone is 4. The maximum Gasteiger partial charge on any atom is 0.0751 e. The standard InChI is InChI=1S/C32H35NS2/c1-20(2)11-12-21(3)34-24-13-14-26-29(19-24)35-28-15-16-33-31(30(26)28)23-17-22-9-7-8-10-25(22)27(18-23)32(4,5)6/h7-10,12-20,26,29H,11H2,1-6H3/b21-12+. The van der Waals surface area contributed by atoms with Crippen LogP contribution in [0.1, 0.15) is 65.0 Å². The molecule has 1 aromatic heterocycles. The lowest BCUT2D eigenvalue weighted by atomic mass is 9.81. The molecule has 2 heterocycles. The van der Waals surface area contributed by atoms with E-state index in [9.17, 15) is 0 Å². The lowest BCUT2D eigenvalue weighted by Crippen LogP contribution is -2.13. The number of aromatic nitrogens is 1. The number of nitrogens with zero attached hydrogens (tertiary/aromatic N) is 1. The Morgan fingerprint density at radius 2 is 1.94 bits per heavy atom. The minimum Gasteiger partial charge on any atom is -0.256 e. The minimum absolute atomic E-state index is 0.0609. The van der Waals surface area contributed by atoms with Crippen molar-refractivity contribution in [2.24, 2.45) is 5.92 Å². The molecule has 1 aliphatic carbocycles. The van der Waals surface area contributed by atoms with Gasteiger partial charge in [-0.25, -0.2) is 0 Å². The molecule has 0 radical (unpaired) electrons. The van der Waals surface area contributed by atoms with Crippen LogP contribution in [-0.2, 0) is 5.41 Å². The third kappa shape index (κ3) is 5.04. The van der Waals surface area contributed by atoms with Crippen LogP contribution in [0.4, 0.5) is 0 Å². The summed E-state index contributed by atoms with van der Waals surface area (Å²) in [5.41, 5.74) is 5.21. The van der Waals surface area contributed by atoms with Crippen LogP contribution >= 0.6 is 23.5 Å². The van der Waals surface area contributed by atoms with Crippen molar-refractivity contribution < 1.29 is 0 Å². The molecule has 5 rings (SSSR count). The van der Waals surface area contributed by atoms with Gasteiger partial charge in [-0.1, -0.05) is 95.0 Å². The highest BCUT2D eigenvalue weighted by Crippen LogP contribution is 2.53. The van der Waals surface area contributed by atoms with Crippen molar-refractivity contribution in [3.63, 3.8) is 0 Å². The van der Waals surface area contributed by atoms with E-state index in [2.05, 4.69) is 108 Å². The van der Waals surface area contributed by atoms with E-state index in [1.807, 2.05) is 29.7 Å². The van der Waals surface area contributed by atoms with Crippen molar-refractivity contribution in [1.29, 1.82) is 0 Å². The van der Waals surface area contributed by atoms with Crippen LogP contribution in [0.3, 0.4) is 0 Å². The molecule has 2 aromatic carbocycles. The number of thioether (sulfide) groups is 2. The van der Waals surface area contributed by atoms with Crippen LogP contribution in [-0.4, -0.2) is 10.2 Å². The molecule has 2 unspecified atom stereocenters. The molecule has 0 saturated carbocycles. The second kappa shape index (κ2) is 9.67. The number of hydrogen-bond donors (Lipinski definition) is 0. The van der Waals surface area contributed by atoms with Gasteiger partial charge in [-0.05, 0) is 64.1 Å². The van der Waals surface area contributed by atoms with E-state index in [-0.39, 0.29) is 5.41 Å². The largest absolute Gasteiger partial charge is 0.256 e. The van der Waals surface area contributed by atoms with Crippen LogP contribution < -0.4 is 0 Å². The summed E-state index contributed by atoms with van der Waals surface area (Å²) in [4.78, 5) is 9.09. The normalized spacial score (nSPS) is 19.7. The third-order valence-electron chi connectivity index (χ3n) is 6.80. The number of hydrogen-bond acceptors (Lipinski definition) is 3. The molecule has 0 amide bonds. The Kier molecular flexibility index (Phi) is 6.76. The molecule has 180 valence electrons. The molecule has 0 bridgehead atoms. The summed E-state index contributed by atoms with van der Waals surface area (Å²) in [5.74, 6) is 1.07. The highest BCUT2D eigenvalue weighted by atomic mass is 32.2. The van der Waals surface area contributed by atoms with Crippen molar-refractivity contribution in [3.05, 3.63) is 93.9 Å². The monoisotopic (exact) mass is 497 g/mol. The Balaban J connectivity index is 1.51. The van der Waals surface area contributed by atoms with Crippen LogP contribution in [0.25, 0.3) is 22.0 Å². The van der Waals surface area contributed by atoms with Gasteiger partial charge in [-0.15, -0.1) is 11.8 Å². The van der Waals surface area contributed by atoms with Crippen molar-refractivity contribution >= 4 is 34.3 Å². The minimum atomic E-state index is 0.0609. The van der Waals surface area contributed by atoms with E-state index in [1.165, 1.54) is 42.2 Å². The van der Waals surface area contributed by atoms with Gasteiger partial charge in [0, 0.05) is 38.3 Å². The summed E-state index contributed by atoms with van der Waals surface area (Å²) in [7, 11) is 0. The lowest BCUT2D eigenvalue weighted by Gasteiger charge is -2.24. The zero-order valence-corrected chi connectivity index (χ0v) is 23.3. The summed E-state index contributed by atoms with van der Waals surface area (Å²) in [6.45, 7) is 13.7. The average Bonchev–Trinajstić information content (AvgIpc) is 3.19. The van der Waals surface area contributed by atoms with Gasteiger partial charge < -0.3 is 0 Å². The van der Waals surface area contributed by atoms with Gasteiger partial charge in [-0.3, -0.25) is 4.98 Å². The predicted octanol–water partition coefficient (Wildman–Crippen LogP) is 9.89. The van der Waals surface area contributed by atoms with Crippen LogP contribution in [0.2, 0.25) is 0 Å². The Morgan fingerprint density at radius 3 is 2.71 bits per heavy atom. The Hall–Kier alpha value is -2.23. The highest BCUT2D eigenvalue weighted by Gasteiger charge is 2.35. The summed E-state index contributed by atoms with van der Waals surface area (Å²) in [5, 5.41) is 3.06. The molecule has 0 saturated heterocycles. The summed E-state index contributed by atoms with van der Waals surface area (Å²) >= 11 is 3.89. The zero-order chi connectivity index (χ0) is 24.7. The zero-order valence-electron chi connectivity index (χ0n) is 21.6. The third-order valence-corrected chi connectivity index (χ3v) is 9.10. The Bertz CT molecular complexity index is 1350. The maximum absolute atomic E-state index is 4.97. The van der Waals surface area contributed by atoms with Gasteiger partial charge in [0.15, 0.2) is 0 Å². The topological polar surface area (TPSA) is 12.9 Å². The van der Waals surface area contributed by atoms with Gasteiger partial charge in [-0.2, -0.15) is 0 Å². The first-order valence-electron chi connectivity index (χ1n) is 12.6. The molecule has 2 atom stereocenters. The van der Waals surface area contributed by atoms with Crippen molar-refractivity contribution in [1.82, 2.24) is 4.98 Å². The Labute approximate surface area is 219 Å². The lowest BCUT2D eigenvalue weighted by molar-refractivity contribution is 0.596. The fourth-order valence-electron chi connectivity index (χ4n) is 5.02. The first-order chi connectivity index (χ1) is 16.7. The van der Waals surface area contributed by atoms with Crippen molar-refractivity contribution in [2.75, 3.05) is 0 Å². The molecular formula is C32H35NS2. The van der Waals surface area contributed by atoms with E-state index in [0.717, 1.165) is 12.1 Å². The van der Waals surface area contributed by atoms with Crippen molar-refractivity contribution in [2.45, 2.75) is 69.4 Å². The van der Waals surface area contributed by atoms with Gasteiger partial charge in [0.1, 0.15) is 0 Å². The van der Waals surface area contributed by atoms with E-state index in [1.54, 1.807) is 0 Å². The molecule has 2 aliphatic rings. The highest BCUT2D eigenvalue weighted by molar-refractivity contribution is 8.07. The molecule has 35 heavy (non-hydrogen) atoms. The van der Waals surface area contributed by atoms with E-state index in [0.29, 0.717) is 17.1 Å². The first kappa shape index (κ1) is 24.5. The van der Waals surface area contributed by atoms with Crippen LogP contribution in [0.15, 0.2) is 87.7 Å². The van der Waals surface area contributed by atoms with Crippen LogP contribution in [0.5, 0.6) is 0 Å². The predicted molar refractivity (Wildman–Crippen MR) is 156 cm³/mol. The van der Waals surface area contributed by atoms with E-state index < -0.39 is 0 Å². The second-order valence-corrected chi connectivity index (χ2v) is 13.7. The molecule has 0 spiro atoms. The smallest absolute Gasteiger partial charge is 0.0751 e. The quantitative estimate of drug-likeness (QED) is 0.348. The Morgan fingerprint density at radius 1 is 1.14 bits per heavy atom. The molecule has 3 aromatic rings. The number of fused-ring (bicyclic) bond motifs is 4. The SMILES string of the molecule is C/C(=C\CC(C)C)SC1=CC2Sc3ccnc(-c4cc(C(C)(C)C)c5ccccc5c4)c3C2C=C1. The fraction of sp³-hybridized carbons (Fsp3) is 0.344. The number of benzene rings is 2. The van der Waals surface area contributed by atoms with Gasteiger partial charge in [0.05, 0.1) is 5.69 Å². The molecule has 1 nitrogen and oxygen atoms in total. The summed E-state index contributed by atoms with van der Waals surface area (Å²) in [6.07, 6.45) is 12.7. The second-order valence-electron chi connectivity index (χ2n) is 11.1. The van der Waals surface area contributed by atoms with Gasteiger partial charge >= 0.3 is 0 Å². The van der Waals surface area contributed by atoms with Gasteiger partial charge in [0.25, 0.3) is 0 Å². The van der Waals surface area contributed by atoms with E-state index in [4.69, 9.17) is 4.98 Å². The molecule has 0 N–H and O–H groups in total. The molecule has 0 fully saturated rings.